The fourth-order valence-corrected chi connectivity index (χ4v) is 1.53. The van der Waals surface area contributed by atoms with Crippen molar-refractivity contribution in [2.24, 2.45) is 0 Å². The molecule has 5 heteroatoms. The molecule has 4 nitrogen and oxygen atoms in total. The maximum Gasteiger partial charge on any atom is 0.341 e. The average molecular weight is 264 g/mol. The fraction of sp³-hybridized carbons (Fsp3) is 0.429. The van der Waals surface area contributed by atoms with E-state index in [0.29, 0.717) is 12.1 Å². The van der Waals surface area contributed by atoms with Crippen molar-refractivity contribution in [1.29, 1.82) is 5.26 Å². The maximum atomic E-state index is 13.8. The van der Waals surface area contributed by atoms with E-state index in [2.05, 4.69) is 0 Å². The Labute approximate surface area is 112 Å². The summed E-state index contributed by atoms with van der Waals surface area (Å²) in [6.07, 6.45) is 0.140. The smallest absolute Gasteiger partial charge is 0.341 e. The first kappa shape index (κ1) is 15.0. The van der Waals surface area contributed by atoms with Crippen LogP contribution < -0.4 is 4.90 Å². The second-order valence-corrected chi connectivity index (χ2v) is 4.36. The molecule has 0 saturated heterocycles. The van der Waals surface area contributed by atoms with Gasteiger partial charge in [0.15, 0.2) is 0 Å². The minimum absolute atomic E-state index is 0.109. The number of rotatable bonds is 5. The summed E-state index contributed by atoms with van der Waals surface area (Å²) < 4.78 is 18.9. The van der Waals surface area contributed by atoms with E-state index in [9.17, 15) is 9.18 Å². The molecule has 0 aromatic heterocycles. The first-order valence-electron chi connectivity index (χ1n) is 6.04. The molecule has 0 N–H and O–H groups in total. The van der Waals surface area contributed by atoms with Crippen molar-refractivity contribution in [2.75, 3.05) is 19.0 Å². The number of nitriles is 1. The Balaban J connectivity index is 2.86. The highest BCUT2D eigenvalue weighted by molar-refractivity contribution is 5.90. The van der Waals surface area contributed by atoms with Gasteiger partial charge in [0.05, 0.1) is 18.1 Å². The Hall–Kier alpha value is -2.09. The highest BCUT2D eigenvalue weighted by atomic mass is 19.1. The van der Waals surface area contributed by atoms with Crippen LogP contribution in [0.5, 0.6) is 0 Å². The third-order valence-electron chi connectivity index (χ3n) is 2.74. The molecule has 0 amide bonds. The lowest BCUT2D eigenvalue weighted by Gasteiger charge is -2.15. The standard InChI is InChI=1S/C14H17FN2O2/c1-4-11(7-8-16)19-14(18)12-6-5-10(17(2)3)9-13(12)15/h5-6,9,11H,4,7H2,1-3H3/t11-/m0/s1. The number of carbonyl (C=O) groups excluding carboxylic acids is 1. The molecular formula is C14H17FN2O2. The van der Waals surface area contributed by atoms with Gasteiger partial charge in [-0.25, -0.2) is 9.18 Å². The summed E-state index contributed by atoms with van der Waals surface area (Å²) in [7, 11) is 3.57. The van der Waals surface area contributed by atoms with Crippen molar-refractivity contribution in [3.8, 4) is 6.07 Å². The van der Waals surface area contributed by atoms with Gasteiger partial charge in [0.1, 0.15) is 11.9 Å². The molecule has 0 saturated carbocycles. The van der Waals surface area contributed by atoms with Gasteiger partial charge in [0, 0.05) is 19.8 Å². The third-order valence-corrected chi connectivity index (χ3v) is 2.74. The van der Waals surface area contributed by atoms with E-state index in [4.69, 9.17) is 10.00 Å². The number of hydrogen-bond acceptors (Lipinski definition) is 4. The van der Waals surface area contributed by atoms with Crippen LogP contribution >= 0.6 is 0 Å². The number of ether oxygens (including phenoxy) is 1. The summed E-state index contributed by atoms with van der Waals surface area (Å²) in [5, 5.41) is 8.58. The zero-order chi connectivity index (χ0) is 14.4. The van der Waals surface area contributed by atoms with Crippen LogP contribution in [0.25, 0.3) is 0 Å². The lowest BCUT2D eigenvalue weighted by Crippen LogP contribution is -2.18. The van der Waals surface area contributed by atoms with E-state index in [-0.39, 0.29) is 12.0 Å². The maximum absolute atomic E-state index is 13.8. The van der Waals surface area contributed by atoms with Crippen LogP contribution in [0, 0.1) is 17.1 Å². The lowest BCUT2D eigenvalue weighted by atomic mass is 10.1. The van der Waals surface area contributed by atoms with E-state index in [0.717, 1.165) is 0 Å². The molecule has 0 aliphatic heterocycles. The van der Waals surface area contributed by atoms with E-state index >= 15 is 0 Å². The van der Waals surface area contributed by atoms with Crippen LogP contribution in [0.4, 0.5) is 10.1 Å². The van der Waals surface area contributed by atoms with Crippen molar-refractivity contribution in [1.82, 2.24) is 0 Å². The van der Waals surface area contributed by atoms with E-state index < -0.39 is 17.9 Å². The van der Waals surface area contributed by atoms with Crippen LogP contribution in [-0.4, -0.2) is 26.2 Å². The summed E-state index contributed by atoms with van der Waals surface area (Å²) in [5.74, 6) is -1.35. The molecule has 0 aliphatic carbocycles. The quantitative estimate of drug-likeness (QED) is 0.767. The van der Waals surface area contributed by atoms with Crippen molar-refractivity contribution < 1.29 is 13.9 Å². The van der Waals surface area contributed by atoms with Crippen LogP contribution in [0.15, 0.2) is 18.2 Å². The normalized spacial score (nSPS) is 11.5. The Kier molecular flexibility index (Phi) is 5.31. The fourth-order valence-electron chi connectivity index (χ4n) is 1.53. The monoisotopic (exact) mass is 264 g/mol. The highest BCUT2D eigenvalue weighted by Gasteiger charge is 2.18. The summed E-state index contributed by atoms with van der Waals surface area (Å²) in [5.41, 5.74) is 0.556. The van der Waals surface area contributed by atoms with Gasteiger partial charge in [-0.15, -0.1) is 0 Å². The molecule has 0 fully saturated rings. The number of anilines is 1. The predicted octanol–water partition coefficient (Wildman–Crippen LogP) is 2.74. The van der Waals surface area contributed by atoms with Gasteiger partial charge in [0.25, 0.3) is 0 Å². The molecule has 1 atom stereocenters. The Morgan fingerprint density at radius 3 is 2.68 bits per heavy atom. The third kappa shape index (κ3) is 3.95. The van der Waals surface area contributed by atoms with Crippen molar-refractivity contribution in [3.05, 3.63) is 29.6 Å². The second kappa shape index (κ2) is 6.74. The molecule has 1 aromatic carbocycles. The molecule has 0 spiro atoms. The van der Waals surface area contributed by atoms with Crippen LogP contribution in [0.3, 0.4) is 0 Å². The molecule has 1 rings (SSSR count). The van der Waals surface area contributed by atoms with Gasteiger partial charge in [-0.2, -0.15) is 5.26 Å². The first-order valence-corrected chi connectivity index (χ1v) is 6.04. The molecule has 0 bridgehead atoms. The van der Waals surface area contributed by atoms with Crippen molar-refractivity contribution >= 4 is 11.7 Å². The minimum Gasteiger partial charge on any atom is -0.458 e. The molecule has 0 radical (unpaired) electrons. The van der Waals surface area contributed by atoms with Gasteiger partial charge < -0.3 is 9.64 Å². The number of carbonyl (C=O) groups is 1. The van der Waals surface area contributed by atoms with E-state index in [1.165, 1.54) is 12.1 Å². The summed E-state index contributed by atoms with van der Waals surface area (Å²) >= 11 is 0. The van der Waals surface area contributed by atoms with E-state index in [1.54, 1.807) is 32.0 Å². The number of hydrogen-bond donors (Lipinski definition) is 0. The van der Waals surface area contributed by atoms with Crippen molar-refractivity contribution in [3.63, 3.8) is 0 Å². The van der Waals surface area contributed by atoms with Gasteiger partial charge in [-0.1, -0.05) is 6.92 Å². The van der Waals surface area contributed by atoms with Gasteiger partial charge in [-0.3, -0.25) is 0 Å². The Bertz CT molecular complexity index is 495. The highest BCUT2D eigenvalue weighted by Crippen LogP contribution is 2.18. The van der Waals surface area contributed by atoms with Gasteiger partial charge in [-0.05, 0) is 24.6 Å². The summed E-state index contributed by atoms with van der Waals surface area (Å²) in [6.45, 7) is 1.81. The number of esters is 1. The van der Waals surface area contributed by atoms with Gasteiger partial charge in [0.2, 0.25) is 0 Å². The van der Waals surface area contributed by atoms with Gasteiger partial charge >= 0.3 is 5.97 Å². The average Bonchev–Trinajstić information content (AvgIpc) is 2.37. The molecule has 0 heterocycles. The van der Waals surface area contributed by atoms with Crippen LogP contribution in [0.2, 0.25) is 0 Å². The Morgan fingerprint density at radius 1 is 1.53 bits per heavy atom. The molecule has 0 unspecified atom stereocenters. The largest absolute Gasteiger partial charge is 0.458 e. The minimum atomic E-state index is -0.732. The zero-order valence-corrected chi connectivity index (χ0v) is 11.3. The molecule has 0 aliphatic rings. The lowest BCUT2D eigenvalue weighted by molar-refractivity contribution is 0.0298. The topological polar surface area (TPSA) is 53.3 Å². The van der Waals surface area contributed by atoms with Crippen molar-refractivity contribution in [2.45, 2.75) is 25.9 Å². The second-order valence-electron chi connectivity index (χ2n) is 4.36. The SMILES string of the molecule is CC[C@@H](CC#N)OC(=O)c1ccc(N(C)C)cc1F. The molecule has 19 heavy (non-hydrogen) atoms. The zero-order valence-electron chi connectivity index (χ0n) is 11.3. The predicted molar refractivity (Wildman–Crippen MR) is 70.5 cm³/mol. The number of nitrogens with zero attached hydrogens (tertiary/aromatic N) is 2. The molecule has 102 valence electrons. The van der Waals surface area contributed by atoms with E-state index in [1.807, 2.05) is 6.07 Å². The number of halogens is 1. The van der Waals surface area contributed by atoms with Crippen LogP contribution in [0.1, 0.15) is 30.1 Å². The van der Waals surface area contributed by atoms with Crippen LogP contribution in [-0.2, 0) is 4.74 Å². The molecular weight excluding hydrogens is 247 g/mol. The molecule has 1 aromatic rings. The first-order chi connectivity index (χ1) is 8.99. The summed E-state index contributed by atoms with van der Waals surface area (Å²) in [6, 6.07) is 6.25. The number of benzene rings is 1. The summed E-state index contributed by atoms with van der Waals surface area (Å²) in [4.78, 5) is 13.5. The Morgan fingerprint density at radius 2 is 2.21 bits per heavy atom.